The van der Waals surface area contributed by atoms with Crippen LogP contribution in [0.1, 0.15) is 37.3 Å². The molecule has 76 valence electrons. The van der Waals surface area contributed by atoms with Gasteiger partial charge in [-0.2, -0.15) is 9.97 Å². The van der Waals surface area contributed by atoms with Gasteiger partial charge in [0, 0.05) is 6.42 Å². The Hall–Kier alpha value is -1.19. The molecule has 1 heterocycles. The van der Waals surface area contributed by atoms with Gasteiger partial charge in [-0.05, 0) is 12.8 Å². The van der Waals surface area contributed by atoms with Crippen LogP contribution < -0.4 is 5.73 Å². The van der Waals surface area contributed by atoms with Crippen molar-refractivity contribution in [2.24, 2.45) is 5.92 Å². The summed E-state index contributed by atoms with van der Waals surface area (Å²) in [6, 6.07) is 0. The molecule has 0 spiro atoms. The molecule has 4 heteroatoms. The van der Waals surface area contributed by atoms with Crippen molar-refractivity contribution < 1.29 is 0 Å². The van der Waals surface area contributed by atoms with Gasteiger partial charge in [0.2, 0.25) is 5.95 Å². The van der Waals surface area contributed by atoms with Gasteiger partial charge in [-0.25, -0.2) is 4.98 Å². The van der Waals surface area contributed by atoms with Gasteiger partial charge in [0.05, 0.1) is 0 Å². The van der Waals surface area contributed by atoms with E-state index in [1.807, 2.05) is 6.92 Å². The molecule has 2 N–H and O–H groups in total. The van der Waals surface area contributed by atoms with E-state index in [4.69, 9.17) is 5.73 Å². The Morgan fingerprint density at radius 1 is 1.21 bits per heavy atom. The molecule has 1 fully saturated rings. The Morgan fingerprint density at radius 2 is 1.93 bits per heavy atom. The first-order valence-electron chi connectivity index (χ1n) is 5.21. The third-order valence-corrected chi connectivity index (χ3v) is 2.76. The zero-order valence-corrected chi connectivity index (χ0v) is 8.53. The molecule has 0 amide bonds. The molecule has 1 saturated carbocycles. The summed E-state index contributed by atoms with van der Waals surface area (Å²) in [4.78, 5) is 12.4. The largest absolute Gasteiger partial charge is 0.368 e. The van der Waals surface area contributed by atoms with Gasteiger partial charge in [-0.1, -0.05) is 25.7 Å². The molecule has 1 aromatic heterocycles. The lowest BCUT2D eigenvalue weighted by molar-refractivity contribution is 0.528. The Bertz CT molecular complexity index is 298. The fourth-order valence-electron chi connectivity index (χ4n) is 2.12. The summed E-state index contributed by atoms with van der Waals surface area (Å²) < 4.78 is 0. The van der Waals surface area contributed by atoms with Crippen molar-refractivity contribution in [1.82, 2.24) is 15.0 Å². The first kappa shape index (κ1) is 9.37. The average molecular weight is 192 g/mol. The van der Waals surface area contributed by atoms with E-state index < -0.39 is 0 Å². The van der Waals surface area contributed by atoms with E-state index in [9.17, 15) is 0 Å². The quantitative estimate of drug-likeness (QED) is 0.771. The second-order valence-corrected chi connectivity index (χ2v) is 4.01. The van der Waals surface area contributed by atoms with Crippen molar-refractivity contribution >= 4 is 5.95 Å². The fraction of sp³-hybridized carbons (Fsp3) is 0.700. The Labute approximate surface area is 84.0 Å². The third kappa shape index (κ3) is 2.19. The van der Waals surface area contributed by atoms with Gasteiger partial charge in [0.15, 0.2) is 0 Å². The zero-order valence-electron chi connectivity index (χ0n) is 8.53. The lowest BCUT2D eigenvalue weighted by Gasteiger charge is -2.07. The molecule has 1 aromatic rings. The van der Waals surface area contributed by atoms with Crippen LogP contribution in [0.15, 0.2) is 0 Å². The van der Waals surface area contributed by atoms with Crippen LogP contribution in [0.25, 0.3) is 0 Å². The monoisotopic (exact) mass is 192 g/mol. The first-order valence-corrected chi connectivity index (χ1v) is 5.21. The molecule has 4 nitrogen and oxygen atoms in total. The van der Waals surface area contributed by atoms with Crippen LogP contribution in [0.2, 0.25) is 0 Å². The van der Waals surface area contributed by atoms with Gasteiger partial charge >= 0.3 is 0 Å². The standard InChI is InChI=1S/C10H16N4/c1-7-12-9(14-10(11)13-7)6-8-4-2-3-5-8/h8H,2-6H2,1H3,(H2,11,12,13,14). The van der Waals surface area contributed by atoms with Crippen LogP contribution in [-0.4, -0.2) is 15.0 Å². The lowest BCUT2D eigenvalue weighted by Crippen LogP contribution is -2.08. The molecular weight excluding hydrogens is 176 g/mol. The minimum atomic E-state index is 0.352. The van der Waals surface area contributed by atoms with E-state index in [-0.39, 0.29) is 0 Å². The minimum absolute atomic E-state index is 0.352. The van der Waals surface area contributed by atoms with E-state index in [1.54, 1.807) is 0 Å². The van der Waals surface area contributed by atoms with E-state index >= 15 is 0 Å². The normalized spacial score (nSPS) is 17.5. The highest BCUT2D eigenvalue weighted by Crippen LogP contribution is 2.27. The van der Waals surface area contributed by atoms with Crippen LogP contribution in [0.4, 0.5) is 5.95 Å². The first-order chi connectivity index (χ1) is 6.74. The van der Waals surface area contributed by atoms with Crippen LogP contribution >= 0.6 is 0 Å². The van der Waals surface area contributed by atoms with E-state index in [1.165, 1.54) is 25.7 Å². The summed E-state index contributed by atoms with van der Waals surface area (Å²) in [5, 5.41) is 0. The second-order valence-electron chi connectivity index (χ2n) is 4.01. The molecule has 2 rings (SSSR count). The van der Waals surface area contributed by atoms with Crippen molar-refractivity contribution in [3.05, 3.63) is 11.6 Å². The molecule has 0 bridgehead atoms. The van der Waals surface area contributed by atoms with Crippen LogP contribution in [-0.2, 0) is 6.42 Å². The SMILES string of the molecule is Cc1nc(N)nc(CC2CCCC2)n1. The number of aromatic nitrogens is 3. The Balaban J connectivity index is 2.07. The number of nitrogens with two attached hydrogens (primary N) is 1. The van der Waals surface area contributed by atoms with Gasteiger partial charge < -0.3 is 5.73 Å². The van der Waals surface area contributed by atoms with E-state index in [0.29, 0.717) is 5.95 Å². The predicted octanol–water partition coefficient (Wildman–Crippen LogP) is 1.49. The fourth-order valence-corrected chi connectivity index (χ4v) is 2.12. The maximum Gasteiger partial charge on any atom is 0.223 e. The molecule has 0 unspecified atom stereocenters. The molecular formula is C10H16N4. The van der Waals surface area contributed by atoms with Crippen LogP contribution in [0, 0.1) is 12.8 Å². The molecule has 0 aromatic carbocycles. The molecule has 1 aliphatic rings. The van der Waals surface area contributed by atoms with Crippen molar-refractivity contribution in [3.63, 3.8) is 0 Å². The number of rotatable bonds is 2. The van der Waals surface area contributed by atoms with E-state index in [2.05, 4.69) is 15.0 Å². The number of hydrogen-bond donors (Lipinski definition) is 1. The maximum atomic E-state index is 5.57. The van der Waals surface area contributed by atoms with Gasteiger partial charge in [0.25, 0.3) is 0 Å². The third-order valence-electron chi connectivity index (χ3n) is 2.76. The summed E-state index contributed by atoms with van der Waals surface area (Å²) >= 11 is 0. The number of hydrogen-bond acceptors (Lipinski definition) is 4. The average Bonchev–Trinajstić information content (AvgIpc) is 2.54. The minimum Gasteiger partial charge on any atom is -0.368 e. The lowest BCUT2D eigenvalue weighted by atomic mass is 10.0. The van der Waals surface area contributed by atoms with Crippen molar-refractivity contribution in [3.8, 4) is 0 Å². The smallest absolute Gasteiger partial charge is 0.223 e. The highest BCUT2D eigenvalue weighted by Gasteiger charge is 2.17. The van der Waals surface area contributed by atoms with E-state index in [0.717, 1.165) is 24.0 Å². The number of anilines is 1. The molecule has 0 atom stereocenters. The second kappa shape index (κ2) is 3.90. The summed E-state index contributed by atoms with van der Waals surface area (Å²) in [6.45, 7) is 1.86. The summed E-state index contributed by atoms with van der Waals surface area (Å²) in [5.74, 6) is 2.70. The van der Waals surface area contributed by atoms with Gasteiger partial charge in [-0.3, -0.25) is 0 Å². The highest BCUT2D eigenvalue weighted by atomic mass is 15.1. The van der Waals surface area contributed by atoms with Crippen molar-refractivity contribution in [2.45, 2.75) is 39.0 Å². The molecule has 0 aliphatic heterocycles. The molecule has 1 aliphatic carbocycles. The summed E-state index contributed by atoms with van der Waals surface area (Å²) in [6.07, 6.45) is 6.29. The number of nitrogens with zero attached hydrogens (tertiary/aromatic N) is 3. The van der Waals surface area contributed by atoms with Crippen molar-refractivity contribution in [1.29, 1.82) is 0 Å². The van der Waals surface area contributed by atoms with Crippen LogP contribution in [0.3, 0.4) is 0 Å². The summed E-state index contributed by atoms with van der Waals surface area (Å²) in [5.41, 5.74) is 5.57. The Morgan fingerprint density at radius 3 is 2.57 bits per heavy atom. The topological polar surface area (TPSA) is 64.7 Å². The Kier molecular flexibility index (Phi) is 2.61. The number of aryl methyl sites for hydroxylation is 1. The number of nitrogen functional groups attached to an aromatic ring is 1. The molecule has 0 radical (unpaired) electrons. The highest BCUT2D eigenvalue weighted by molar-refractivity contribution is 5.15. The van der Waals surface area contributed by atoms with Gasteiger partial charge in [-0.15, -0.1) is 0 Å². The summed E-state index contributed by atoms with van der Waals surface area (Å²) in [7, 11) is 0. The predicted molar refractivity (Wildman–Crippen MR) is 54.6 cm³/mol. The maximum absolute atomic E-state index is 5.57. The van der Waals surface area contributed by atoms with Crippen molar-refractivity contribution in [2.75, 3.05) is 5.73 Å². The van der Waals surface area contributed by atoms with Crippen LogP contribution in [0.5, 0.6) is 0 Å². The molecule has 0 saturated heterocycles. The van der Waals surface area contributed by atoms with Gasteiger partial charge in [0.1, 0.15) is 11.6 Å². The molecule has 14 heavy (non-hydrogen) atoms. The zero-order chi connectivity index (χ0) is 9.97.